The van der Waals surface area contributed by atoms with Crippen molar-refractivity contribution in [1.29, 1.82) is 0 Å². The van der Waals surface area contributed by atoms with Gasteiger partial charge in [0.15, 0.2) is 6.61 Å². The molecule has 1 heterocycles. The molecule has 20 heavy (non-hydrogen) atoms. The average Bonchev–Trinajstić information content (AvgIpc) is 2.82. The van der Waals surface area contributed by atoms with Crippen LogP contribution in [0.4, 0.5) is 0 Å². The number of likely N-dealkylation sites (N-methyl/N-ethyl adjacent to an activating group) is 1. The number of hydrogen-bond donors (Lipinski definition) is 0. The van der Waals surface area contributed by atoms with Crippen LogP contribution in [0.3, 0.4) is 0 Å². The molecule has 0 fully saturated rings. The van der Waals surface area contributed by atoms with Crippen LogP contribution in [0.2, 0.25) is 5.02 Å². The molecular formula is C14H16ClN3O2. The predicted molar refractivity (Wildman–Crippen MR) is 76.6 cm³/mol. The Hall–Kier alpha value is -2.01. The van der Waals surface area contributed by atoms with Crippen LogP contribution in [0.5, 0.6) is 5.75 Å². The first-order valence-corrected chi connectivity index (χ1v) is 6.53. The number of aromatic nitrogens is 2. The molecule has 0 saturated carbocycles. The molecule has 0 aliphatic carbocycles. The van der Waals surface area contributed by atoms with Crippen molar-refractivity contribution in [2.45, 2.75) is 6.54 Å². The zero-order chi connectivity index (χ0) is 14.5. The maximum Gasteiger partial charge on any atom is 0.260 e. The summed E-state index contributed by atoms with van der Waals surface area (Å²) in [5, 5.41) is 4.56. The van der Waals surface area contributed by atoms with E-state index in [9.17, 15) is 4.79 Å². The van der Waals surface area contributed by atoms with Gasteiger partial charge in [0.1, 0.15) is 5.75 Å². The van der Waals surface area contributed by atoms with E-state index in [0.717, 1.165) is 5.56 Å². The number of nitrogens with zero attached hydrogens (tertiary/aromatic N) is 3. The predicted octanol–water partition coefficient (Wildman–Crippen LogP) is 2.11. The minimum atomic E-state index is -0.117. The molecule has 0 aliphatic rings. The number of amides is 1. The molecule has 0 radical (unpaired) electrons. The fraction of sp³-hybridized carbons (Fsp3) is 0.286. The first kappa shape index (κ1) is 14.4. The van der Waals surface area contributed by atoms with E-state index in [2.05, 4.69) is 5.10 Å². The van der Waals surface area contributed by atoms with E-state index < -0.39 is 0 Å². The van der Waals surface area contributed by atoms with Gasteiger partial charge in [-0.1, -0.05) is 23.7 Å². The van der Waals surface area contributed by atoms with Crippen LogP contribution >= 0.6 is 11.6 Å². The van der Waals surface area contributed by atoms with Crippen molar-refractivity contribution >= 4 is 17.5 Å². The van der Waals surface area contributed by atoms with Crippen LogP contribution in [0.25, 0.3) is 0 Å². The van der Waals surface area contributed by atoms with Crippen molar-refractivity contribution in [2.24, 2.45) is 7.05 Å². The molecule has 1 aromatic carbocycles. The Bertz CT molecular complexity index is 598. The maximum absolute atomic E-state index is 12.0. The Kier molecular flexibility index (Phi) is 4.63. The van der Waals surface area contributed by atoms with Crippen LogP contribution < -0.4 is 4.74 Å². The van der Waals surface area contributed by atoms with Gasteiger partial charge in [0.25, 0.3) is 5.91 Å². The molecule has 0 aliphatic heterocycles. The van der Waals surface area contributed by atoms with Gasteiger partial charge < -0.3 is 9.64 Å². The number of benzene rings is 1. The van der Waals surface area contributed by atoms with E-state index in [0.29, 0.717) is 17.3 Å². The topological polar surface area (TPSA) is 47.4 Å². The number of ether oxygens (including phenoxy) is 1. The lowest BCUT2D eigenvalue weighted by Gasteiger charge is -2.16. The van der Waals surface area contributed by atoms with Crippen LogP contribution in [0.15, 0.2) is 36.7 Å². The summed E-state index contributed by atoms with van der Waals surface area (Å²) in [5.41, 5.74) is 0.973. The third kappa shape index (κ3) is 3.74. The second kappa shape index (κ2) is 6.43. The number of halogens is 1. The molecule has 2 aromatic rings. The summed E-state index contributed by atoms with van der Waals surface area (Å²) in [6.45, 7) is 0.457. The van der Waals surface area contributed by atoms with Crippen molar-refractivity contribution in [3.8, 4) is 5.75 Å². The average molecular weight is 294 g/mol. The highest BCUT2D eigenvalue weighted by molar-refractivity contribution is 6.32. The number of hydrogen-bond acceptors (Lipinski definition) is 3. The molecular weight excluding hydrogens is 278 g/mol. The summed E-state index contributed by atoms with van der Waals surface area (Å²) in [4.78, 5) is 13.6. The molecule has 5 nitrogen and oxygen atoms in total. The summed E-state index contributed by atoms with van der Waals surface area (Å²) in [6, 6.07) is 7.08. The Morgan fingerprint density at radius 2 is 2.20 bits per heavy atom. The number of para-hydroxylation sites is 1. The number of carbonyl (C=O) groups excluding carboxylic acids is 1. The van der Waals surface area contributed by atoms with Crippen LogP contribution in [0, 0.1) is 0 Å². The van der Waals surface area contributed by atoms with Crippen LogP contribution in [0.1, 0.15) is 5.56 Å². The first-order valence-electron chi connectivity index (χ1n) is 6.15. The Morgan fingerprint density at radius 1 is 1.45 bits per heavy atom. The van der Waals surface area contributed by atoms with E-state index in [-0.39, 0.29) is 12.5 Å². The van der Waals surface area contributed by atoms with Gasteiger partial charge in [0, 0.05) is 32.4 Å². The third-order valence-corrected chi connectivity index (χ3v) is 3.10. The summed E-state index contributed by atoms with van der Waals surface area (Å²) >= 11 is 5.96. The molecule has 6 heteroatoms. The lowest BCUT2D eigenvalue weighted by atomic mass is 10.3. The zero-order valence-electron chi connectivity index (χ0n) is 11.4. The van der Waals surface area contributed by atoms with Crippen molar-refractivity contribution in [3.63, 3.8) is 0 Å². The second-order valence-corrected chi connectivity index (χ2v) is 4.90. The summed E-state index contributed by atoms with van der Waals surface area (Å²) < 4.78 is 7.12. The lowest BCUT2D eigenvalue weighted by Crippen LogP contribution is -2.30. The lowest BCUT2D eigenvalue weighted by molar-refractivity contribution is -0.132. The summed E-state index contributed by atoms with van der Waals surface area (Å²) in [7, 11) is 3.57. The van der Waals surface area contributed by atoms with E-state index in [1.54, 1.807) is 35.0 Å². The van der Waals surface area contributed by atoms with Gasteiger partial charge in [0.2, 0.25) is 0 Å². The van der Waals surface area contributed by atoms with Gasteiger partial charge in [-0.15, -0.1) is 0 Å². The number of aryl methyl sites for hydroxylation is 1. The zero-order valence-corrected chi connectivity index (χ0v) is 12.2. The van der Waals surface area contributed by atoms with Gasteiger partial charge in [-0.25, -0.2) is 0 Å². The van der Waals surface area contributed by atoms with E-state index >= 15 is 0 Å². The Labute approximate surface area is 122 Å². The van der Waals surface area contributed by atoms with E-state index in [1.807, 2.05) is 25.4 Å². The molecule has 2 rings (SSSR count). The van der Waals surface area contributed by atoms with Gasteiger partial charge in [-0.2, -0.15) is 5.10 Å². The van der Waals surface area contributed by atoms with Gasteiger partial charge >= 0.3 is 0 Å². The highest BCUT2D eigenvalue weighted by Crippen LogP contribution is 2.22. The first-order chi connectivity index (χ1) is 9.56. The molecule has 0 unspecified atom stereocenters. The minimum absolute atomic E-state index is 0.0412. The van der Waals surface area contributed by atoms with Crippen molar-refractivity contribution in [3.05, 3.63) is 47.2 Å². The number of rotatable bonds is 5. The van der Waals surface area contributed by atoms with Gasteiger partial charge in [-0.05, 0) is 12.1 Å². The highest BCUT2D eigenvalue weighted by atomic mass is 35.5. The van der Waals surface area contributed by atoms with Gasteiger partial charge in [0.05, 0.1) is 11.2 Å². The summed E-state index contributed by atoms with van der Waals surface area (Å²) in [5.74, 6) is 0.395. The summed E-state index contributed by atoms with van der Waals surface area (Å²) in [6.07, 6.45) is 3.61. The Balaban J connectivity index is 1.87. The fourth-order valence-corrected chi connectivity index (χ4v) is 1.92. The van der Waals surface area contributed by atoms with Crippen molar-refractivity contribution in [1.82, 2.24) is 14.7 Å². The fourth-order valence-electron chi connectivity index (χ4n) is 1.73. The van der Waals surface area contributed by atoms with Crippen molar-refractivity contribution in [2.75, 3.05) is 13.7 Å². The molecule has 0 saturated heterocycles. The van der Waals surface area contributed by atoms with Crippen LogP contribution in [-0.2, 0) is 18.4 Å². The SMILES string of the molecule is CN(Cc1cnn(C)c1)C(=O)COc1ccccc1Cl. The van der Waals surface area contributed by atoms with E-state index in [1.165, 1.54) is 0 Å². The quantitative estimate of drug-likeness (QED) is 0.848. The minimum Gasteiger partial charge on any atom is -0.482 e. The highest BCUT2D eigenvalue weighted by Gasteiger charge is 2.11. The largest absolute Gasteiger partial charge is 0.482 e. The molecule has 0 N–H and O–H groups in total. The number of carbonyl (C=O) groups is 1. The van der Waals surface area contributed by atoms with Gasteiger partial charge in [-0.3, -0.25) is 9.48 Å². The second-order valence-electron chi connectivity index (χ2n) is 4.49. The maximum atomic E-state index is 12.0. The molecule has 0 bridgehead atoms. The third-order valence-electron chi connectivity index (χ3n) is 2.79. The molecule has 0 spiro atoms. The molecule has 106 valence electrons. The smallest absolute Gasteiger partial charge is 0.260 e. The standard InChI is InChI=1S/C14H16ClN3O2/c1-17(8-11-7-16-18(2)9-11)14(19)10-20-13-6-4-3-5-12(13)15/h3-7,9H,8,10H2,1-2H3. The molecule has 1 aromatic heterocycles. The normalized spacial score (nSPS) is 10.3. The monoisotopic (exact) mass is 293 g/mol. The van der Waals surface area contributed by atoms with Crippen LogP contribution in [-0.4, -0.2) is 34.2 Å². The molecule has 1 amide bonds. The van der Waals surface area contributed by atoms with Crippen molar-refractivity contribution < 1.29 is 9.53 Å². The molecule has 0 atom stereocenters. The Morgan fingerprint density at radius 3 is 2.85 bits per heavy atom. The van der Waals surface area contributed by atoms with E-state index in [4.69, 9.17) is 16.3 Å².